The Morgan fingerprint density at radius 2 is 1.64 bits per heavy atom. The van der Waals surface area contributed by atoms with Gasteiger partial charge >= 0.3 is 11.1 Å². The Morgan fingerprint density at radius 3 is 2.29 bits per heavy atom. The van der Waals surface area contributed by atoms with Crippen LogP contribution in [0.2, 0.25) is 5.02 Å². The molecule has 0 bridgehead atoms. The number of aromatic nitrogens is 2. The minimum Gasteiger partial charge on any atom is -0.337 e. The van der Waals surface area contributed by atoms with Gasteiger partial charge in [-0.15, -0.1) is 0 Å². The van der Waals surface area contributed by atoms with Crippen LogP contribution >= 0.6 is 11.6 Å². The van der Waals surface area contributed by atoms with Crippen molar-refractivity contribution in [2.45, 2.75) is 20.0 Å². The van der Waals surface area contributed by atoms with E-state index in [2.05, 4.69) is 0 Å². The van der Waals surface area contributed by atoms with E-state index in [-0.39, 0.29) is 12.5 Å². The average molecular weight is 398 g/mol. The normalized spacial score (nSPS) is 10.6. The van der Waals surface area contributed by atoms with E-state index >= 15 is 0 Å². The standard InChI is InChI=1S/C21H20ClN3O3/c1-2-23(14-16-6-4-3-5-7-16)19(26)15-24-12-13-25(21(28)20(24)27)18-10-8-17(22)9-11-18/h3-13H,2,14-15H2,1H3. The summed E-state index contributed by atoms with van der Waals surface area (Å²) in [6.07, 6.45) is 2.93. The lowest BCUT2D eigenvalue weighted by atomic mass is 10.2. The molecule has 0 fully saturated rings. The summed E-state index contributed by atoms with van der Waals surface area (Å²) in [6.45, 7) is 2.65. The third-order valence-electron chi connectivity index (χ3n) is 4.42. The lowest BCUT2D eigenvalue weighted by Crippen LogP contribution is -2.43. The van der Waals surface area contributed by atoms with Crippen molar-refractivity contribution in [1.82, 2.24) is 14.0 Å². The minimum atomic E-state index is -0.749. The highest BCUT2D eigenvalue weighted by atomic mass is 35.5. The molecule has 0 spiro atoms. The van der Waals surface area contributed by atoms with Crippen LogP contribution in [-0.4, -0.2) is 26.5 Å². The van der Waals surface area contributed by atoms with Gasteiger partial charge < -0.3 is 4.90 Å². The Hall–Kier alpha value is -3.12. The molecule has 0 N–H and O–H groups in total. The van der Waals surface area contributed by atoms with Gasteiger partial charge in [0.25, 0.3) is 0 Å². The van der Waals surface area contributed by atoms with Crippen molar-refractivity contribution in [3.05, 3.63) is 98.3 Å². The molecule has 28 heavy (non-hydrogen) atoms. The number of amides is 1. The average Bonchev–Trinajstić information content (AvgIpc) is 2.71. The minimum absolute atomic E-state index is 0.184. The molecule has 1 aromatic heterocycles. The number of rotatable bonds is 6. The molecule has 6 nitrogen and oxygen atoms in total. The first-order chi connectivity index (χ1) is 13.5. The van der Waals surface area contributed by atoms with Crippen LogP contribution in [-0.2, 0) is 17.9 Å². The monoisotopic (exact) mass is 397 g/mol. The van der Waals surface area contributed by atoms with Crippen molar-refractivity contribution in [1.29, 1.82) is 0 Å². The Bertz CT molecular complexity index is 1070. The van der Waals surface area contributed by atoms with Gasteiger partial charge in [0.1, 0.15) is 6.54 Å². The second-order valence-electron chi connectivity index (χ2n) is 6.28. The Kier molecular flexibility index (Phi) is 6.11. The Balaban J connectivity index is 1.81. The first kappa shape index (κ1) is 19.6. The van der Waals surface area contributed by atoms with E-state index in [9.17, 15) is 14.4 Å². The lowest BCUT2D eigenvalue weighted by Gasteiger charge is -2.21. The highest BCUT2D eigenvalue weighted by molar-refractivity contribution is 6.30. The summed E-state index contributed by atoms with van der Waals surface area (Å²) in [7, 11) is 0. The highest BCUT2D eigenvalue weighted by Crippen LogP contribution is 2.11. The smallest absolute Gasteiger partial charge is 0.320 e. The van der Waals surface area contributed by atoms with Crippen LogP contribution in [0.5, 0.6) is 0 Å². The van der Waals surface area contributed by atoms with Crippen molar-refractivity contribution in [2.24, 2.45) is 0 Å². The van der Waals surface area contributed by atoms with E-state index in [0.717, 1.165) is 10.1 Å². The molecule has 0 unspecified atom stereocenters. The van der Waals surface area contributed by atoms with Gasteiger partial charge in [0.15, 0.2) is 0 Å². The topological polar surface area (TPSA) is 64.3 Å². The summed E-state index contributed by atoms with van der Waals surface area (Å²) < 4.78 is 2.38. The van der Waals surface area contributed by atoms with Crippen LogP contribution in [0.1, 0.15) is 12.5 Å². The molecule has 3 aromatic rings. The summed E-state index contributed by atoms with van der Waals surface area (Å²) in [5, 5.41) is 0.536. The zero-order valence-electron chi connectivity index (χ0n) is 15.4. The van der Waals surface area contributed by atoms with Crippen molar-refractivity contribution in [3.8, 4) is 5.69 Å². The largest absolute Gasteiger partial charge is 0.337 e. The first-order valence-corrected chi connectivity index (χ1v) is 9.27. The molecule has 1 amide bonds. The van der Waals surface area contributed by atoms with Crippen molar-refractivity contribution < 1.29 is 4.79 Å². The predicted molar refractivity (Wildman–Crippen MR) is 109 cm³/mol. The van der Waals surface area contributed by atoms with Gasteiger partial charge in [-0.25, -0.2) is 0 Å². The predicted octanol–water partition coefficient (Wildman–Crippen LogP) is 2.70. The molecular weight excluding hydrogens is 378 g/mol. The quantitative estimate of drug-likeness (QED) is 0.601. The Morgan fingerprint density at radius 1 is 0.964 bits per heavy atom. The molecule has 0 aliphatic carbocycles. The highest BCUT2D eigenvalue weighted by Gasteiger charge is 2.15. The summed E-state index contributed by atoms with van der Waals surface area (Å²) in [6, 6.07) is 16.2. The van der Waals surface area contributed by atoms with Crippen LogP contribution in [0.15, 0.2) is 76.6 Å². The first-order valence-electron chi connectivity index (χ1n) is 8.89. The molecule has 0 aliphatic heterocycles. The second-order valence-corrected chi connectivity index (χ2v) is 6.71. The van der Waals surface area contributed by atoms with E-state index in [4.69, 9.17) is 11.6 Å². The third kappa shape index (κ3) is 4.40. The maximum atomic E-state index is 12.6. The molecule has 0 aliphatic rings. The molecule has 0 saturated carbocycles. The van der Waals surface area contributed by atoms with Gasteiger partial charge in [0, 0.05) is 36.2 Å². The fraction of sp³-hybridized carbons (Fsp3) is 0.190. The fourth-order valence-electron chi connectivity index (χ4n) is 2.86. The molecule has 0 radical (unpaired) electrons. The molecule has 144 valence electrons. The van der Waals surface area contributed by atoms with Gasteiger partial charge in [-0.05, 0) is 36.8 Å². The molecule has 3 rings (SSSR count). The lowest BCUT2D eigenvalue weighted by molar-refractivity contribution is -0.132. The SMILES string of the molecule is CCN(Cc1ccccc1)C(=O)Cn1ccn(-c2ccc(Cl)cc2)c(=O)c1=O. The molecule has 0 saturated heterocycles. The van der Waals surface area contributed by atoms with E-state index in [1.165, 1.54) is 17.0 Å². The Labute approximate surface area is 167 Å². The van der Waals surface area contributed by atoms with E-state index in [1.807, 2.05) is 37.3 Å². The maximum Gasteiger partial charge on any atom is 0.320 e. The van der Waals surface area contributed by atoms with E-state index in [0.29, 0.717) is 23.8 Å². The molecule has 0 atom stereocenters. The zero-order valence-corrected chi connectivity index (χ0v) is 16.2. The van der Waals surface area contributed by atoms with E-state index in [1.54, 1.807) is 29.2 Å². The number of halogens is 1. The maximum absolute atomic E-state index is 12.6. The van der Waals surface area contributed by atoms with Crippen LogP contribution in [0, 0.1) is 0 Å². The number of benzene rings is 2. The number of carbonyl (C=O) groups is 1. The van der Waals surface area contributed by atoms with Gasteiger partial charge in [0.05, 0.1) is 0 Å². The van der Waals surface area contributed by atoms with Crippen LogP contribution in [0.3, 0.4) is 0 Å². The zero-order chi connectivity index (χ0) is 20.1. The summed E-state index contributed by atoms with van der Waals surface area (Å²) in [4.78, 5) is 39.2. The number of nitrogens with zero attached hydrogens (tertiary/aromatic N) is 3. The third-order valence-corrected chi connectivity index (χ3v) is 4.67. The van der Waals surface area contributed by atoms with Crippen LogP contribution < -0.4 is 11.1 Å². The molecule has 2 aromatic carbocycles. The van der Waals surface area contributed by atoms with Crippen LogP contribution in [0.4, 0.5) is 0 Å². The number of hydrogen-bond acceptors (Lipinski definition) is 3. The number of carbonyl (C=O) groups excluding carboxylic acids is 1. The van der Waals surface area contributed by atoms with Gasteiger partial charge in [0.2, 0.25) is 5.91 Å². The summed E-state index contributed by atoms with van der Waals surface area (Å²) in [5.74, 6) is -0.225. The van der Waals surface area contributed by atoms with E-state index < -0.39 is 11.1 Å². The van der Waals surface area contributed by atoms with Crippen molar-refractivity contribution >= 4 is 17.5 Å². The molecule has 7 heteroatoms. The number of likely N-dealkylation sites (N-methyl/N-ethyl adjacent to an activating group) is 1. The van der Waals surface area contributed by atoms with Crippen LogP contribution in [0.25, 0.3) is 5.69 Å². The van der Waals surface area contributed by atoms with Gasteiger partial charge in [-0.3, -0.25) is 23.5 Å². The summed E-state index contributed by atoms with van der Waals surface area (Å²) >= 11 is 5.86. The summed E-state index contributed by atoms with van der Waals surface area (Å²) in [5.41, 5.74) is 0.0673. The second kappa shape index (κ2) is 8.71. The van der Waals surface area contributed by atoms with Crippen molar-refractivity contribution in [3.63, 3.8) is 0 Å². The van der Waals surface area contributed by atoms with Gasteiger partial charge in [-0.1, -0.05) is 41.9 Å². The molecule has 1 heterocycles. The van der Waals surface area contributed by atoms with Gasteiger partial charge in [-0.2, -0.15) is 0 Å². The number of hydrogen-bond donors (Lipinski definition) is 0. The van der Waals surface area contributed by atoms with Crippen molar-refractivity contribution in [2.75, 3.05) is 6.54 Å². The fourth-order valence-corrected chi connectivity index (χ4v) is 2.99. The molecular formula is C21H20ClN3O3.